The van der Waals surface area contributed by atoms with E-state index in [1.165, 1.54) is 0 Å². The van der Waals surface area contributed by atoms with Crippen LogP contribution in [0.2, 0.25) is 0 Å². The molecule has 2 rings (SSSR count). The van der Waals surface area contributed by atoms with Gasteiger partial charge in [-0.1, -0.05) is 0 Å². The SMILES string of the molecule is CCOc1ccc(-c2n[nH]nc2C(N)=O)cc1. The van der Waals surface area contributed by atoms with Crippen LogP contribution in [0.3, 0.4) is 0 Å². The minimum Gasteiger partial charge on any atom is -0.494 e. The van der Waals surface area contributed by atoms with Crippen molar-refractivity contribution in [3.8, 4) is 17.0 Å². The summed E-state index contributed by atoms with van der Waals surface area (Å²) < 4.78 is 5.32. The monoisotopic (exact) mass is 232 g/mol. The van der Waals surface area contributed by atoms with E-state index in [9.17, 15) is 4.79 Å². The zero-order chi connectivity index (χ0) is 12.3. The molecule has 17 heavy (non-hydrogen) atoms. The first kappa shape index (κ1) is 11.1. The van der Waals surface area contributed by atoms with Crippen LogP contribution in [0.25, 0.3) is 11.3 Å². The molecule has 88 valence electrons. The van der Waals surface area contributed by atoms with Crippen LogP contribution < -0.4 is 10.5 Å². The van der Waals surface area contributed by atoms with E-state index in [4.69, 9.17) is 10.5 Å². The summed E-state index contributed by atoms with van der Waals surface area (Å²) in [7, 11) is 0. The number of nitrogens with zero attached hydrogens (tertiary/aromatic N) is 2. The molecule has 6 nitrogen and oxygen atoms in total. The molecule has 0 aliphatic heterocycles. The summed E-state index contributed by atoms with van der Waals surface area (Å²) in [5.41, 5.74) is 6.53. The van der Waals surface area contributed by atoms with Gasteiger partial charge in [-0.05, 0) is 31.2 Å². The number of aromatic nitrogens is 3. The fourth-order valence-electron chi connectivity index (χ4n) is 1.48. The molecular weight excluding hydrogens is 220 g/mol. The zero-order valence-electron chi connectivity index (χ0n) is 9.30. The van der Waals surface area contributed by atoms with Crippen molar-refractivity contribution in [2.45, 2.75) is 6.92 Å². The Bertz CT molecular complexity index is 519. The second-order valence-electron chi connectivity index (χ2n) is 3.34. The second-order valence-corrected chi connectivity index (χ2v) is 3.34. The summed E-state index contributed by atoms with van der Waals surface area (Å²) in [6.45, 7) is 2.52. The van der Waals surface area contributed by atoms with Crippen LogP contribution in [0.4, 0.5) is 0 Å². The topological polar surface area (TPSA) is 93.9 Å². The Balaban J connectivity index is 2.33. The van der Waals surface area contributed by atoms with Gasteiger partial charge in [0.2, 0.25) is 0 Å². The van der Waals surface area contributed by atoms with Gasteiger partial charge in [-0.15, -0.1) is 0 Å². The molecule has 1 aromatic carbocycles. The number of benzene rings is 1. The van der Waals surface area contributed by atoms with Crippen LogP contribution in [0, 0.1) is 0 Å². The first-order chi connectivity index (χ1) is 8.22. The fourth-order valence-corrected chi connectivity index (χ4v) is 1.48. The first-order valence-corrected chi connectivity index (χ1v) is 5.16. The van der Waals surface area contributed by atoms with Crippen molar-refractivity contribution < 1.29 is 9.53 Å². The number of ether oxygens (including phenoxy) is 1. The maximum Gasteiger partial charge on any atom is 0.271 e. The van der Waals surface area contributed by atoms with E-state index in [2.05, 4.69) is 15.4 Å². The maximum atomic E-state index is 11.1. The van der Waals surface area contributed by atoms with E-state index >= 15 is 0 Å². The Labute approximate surface area is 97.8 Å². The van der Waals surface area contributed by atoms with E-state index in [0.717, 1.165) is 11.3 Å². The van der Waals surface area contributed by atoms with Gasteiger partial charge in [0.05, 0.1) is 6.61 Å². The number of aromatic amines is 1. The number of rotatable bonds is 4. The number of nitrogens with one attached hydrogen (secondary N) is 1. The van der Waals surface area contributed by atoms with Crippen molar-refractivity contribution in [3.05, 3.63) is 30.0 Å². The van der Waals surface area contributed by atoms with Gasteiger partial charge in [-0.3, -0.25) is 4.79 Å². The maximum absolute atomic E-state index is 11.1. The molecule has 0 unspecified atom stereocenters. The largest absolute Gasteiger partial charge is 0.494 e. The van der Waals surface area contributed by atoms with Crippen molar-refractivity contribution in [2.24, 2.45) is 5.73 Å². The highest BCUT2D eigenvalue weighted by atomic mass is 16.5. The average molecular weight is 232 g/mol. The minimum absolute atomic E-state index is 0.133. The quantitative estimate of drug-likeness (QED) is 0.821. The number of amides is 1. The molecule has 1 heterocycles. The van der Waals surface area contributed by atoms with E-state index in [-0.39, 0.29) is 5.69 Å². The van der Waals surface area contributed by atoms with Gasteiger partial charge in [-0.25, -0.2) is 0 Å². The molecule has 1 aromatic heterocycles. The van der Waals surface area contributed by atoms with Crippen molar-refractivity contribution in [3.63, 3.8) is 0 Å². The Morgan fingerprint density at radius 3 is 2.65 bits per heavy atom. The van der Waals surface area contributed by atoms with E-state index < -0.39 is 5.91 Å². The number of carbonyl (C=O) groups excluding carboxylic acids is 1. The second kappa shape index (κ2) is 4.65. The van der Waals surface area contributed by atoms with E-state index in [1.54, 1.807) is 24.3 Å². The van der Waals surface area contributed by atoms with Crippen LogP contribution in [-0.2, 0) is 0 Å². The summed E-state index contributed by atoms with van der Waals surface area (Å²) >= 11 is 0. The third-order valence-corrected chi connectivity index (χ3v) is 2.22. The molecule has 0 fully saturated rings. The lowest BCUT2D eigenvalue weighted by molar-refractivity contribution is 0.0996. The highest BCUT2D eigenvalue weighted by Gasteiger charge is 2.14. The Kier molecular flexibility index (Phi) is 3.04. The molecule has 0 atom stereocenters. The molecule has 0 bridgehead atoms. The van der Waals surface area contributed by atoms with Crippen molar-refractivity contribution in [2.75, 3.05) is 6.61 Å². The Morgan fingerprint density at radius 2 is 2.06 bits per heavy atom. The molecule has 0 aliphatic rings. The third kappa shape index (κ3) is 2.25. The smallest absolute Gasteiger partial charge is 0.271 e. The minimum atomic E-state index is -0.609. The first-order valence-electron chi connectivity index (χ1n) is 5.16. The van der Waals surface area contributed by atoms with E-state index in [0.29, 0.717) is 12.3 Å². The van der Waals surface area contributed by atoms with Crippen molar-refractivity contribution >= 4 is 5.91 Å². The molecule has 2 aromatic rings. The molecule has 3 N–H and O–H groups in total. The number of carbonyl (C=O) groups is 1. The molecule has 0 aliphatic carbocycles. The summed E-state index contributed by atoms with van der Waals surface area (Å²) in [6, 6.07) is 7.21. The number of hydrogen-bond acceptors (Lipinski definition) is 4. The molecule has 6 heteroatoms. The van der Waals surface area contributed by atoms with Gasteiger partial charge in [0.1, 0.15) is 11.4 Å². The van der Waals surface area contributed by atoms with Crippen LogP contribution in [-0.4, -0.2) is 27.9 Å². The molecule has 0 radical (unpaired) electrons. The molecule has 0 spiro atoms. The van der Waals surface area contributed by atoms with Crippen LogP contribution in [0.5, 0.6) is 5.75 Å². The lowest BCUT2D eigenvalue weighted by atomic mass is 10.1. The predicted molar refractivity (Wildman–Crippen MR) is 61.5 cm³/mol. The van der Waals surface area contributed by atoms with Gasteiger partial charge in [0.25, 0.3) is 5.91 Å². The number of hydrogen-bond donors (Lipinski definition) is 2. The number of H-pyrrole nitrogens is 1. The lowest BCUT2D eigenvalue weighted by Crippen LogP contribution is -2.12. The molecule has 0 saturated carbocycles. The van der Waals surface area contributed by atoms with Crippen molar-refractivity contribution in [1.82, 2.24) is 15.4 Å². The van der Waals surface area contributed by atoms with E-state index in [1.807, 2.05) is 6.92 Å². The molecular formula is C11H12N4O2. The Hall–Kier alpha value is -2.37. The van der Waals surface area contributed by atoms with Crippen LogP contribution >= 0.6 is 0 Å². The van der Waals surface area contributed by atoms with Crippen LogP contribution in [0.1, 0.15) is 17.4 Å². The number of primary amides is 1. The van der Waals surface area contributed by atoms with Gasteiger partial charge in [0.15, 0.2) is 5.69 Å². The highest BCUT2D eigenvalue weighted by Crippen LogP contribution is 2.22. The number of nitrogens with two attached hydrogens (primary N) is 1. The predicted octanol–water partition coefficient (Wildman–Crippen LogP) is 0.969. The van der Waals surface area contributed by atoms with Gasteiger partial charge in [0, 0.05) is 5.56 Å². The third-order valence-electron chi connectivity index (χ3n) is 2.22. The summed E-state index contributed by atoms with van der Waals surface area (Å²) in [4.78, 5) is 11.1. The fraction of sp³-hybridized carbons (Fsp3) is 0.182. The van der Waals surface area contributed by atoms with Crippen LogP contribution in [0.15, 0.2) is 24.3 Å². The zero-order valence-corrected chi connectivity index (χ0v) is 9.30. The molecule has 1 amide bonds. The standard InChI is InChI=1S/C11H12N4O2/c1-2-17-8-5-3-7(4-6-8)9-10(11(12)16)14-15-13-9/h3-6H,2H2,1H3,(H2,12,16)(H,13,14,15). The molecule has 0 saturated heterocycles. The van der Waals surface area contributed by atoms with Gasteiger partial charge >= 0.3 is 0 Å². The van der Waals surface area contributed by atoms with Gasteiger partial charge < -0.3 is 10.5 Å². The summed E-state index contributed by atoms with van der Waals surface area (Å²) in [5, 5.41) is 10.0. The highest BCUT2D eigenvalue weighted by molar-refractivity contribution is 5.96. The normalized spacial score (nSPS) is 10.2. The summed E-state index contributed by atoms with van der Waals surface area (Å²) in [6.07, 6.45) is 0. The summed E-state index contributed by atoms with van der Waals surface area (Å²) in [5.74, 6) is 0.156. The van der Waals surface area contributed by atoms with Gasteiger partial charge in [-0.2, -0.15) is 15.4 Å². The Morgan fingerprint density at radius 1 is 1.35 bits per heavy atom. The average Bonchev–Trinajstić information content (AvgIpc) is 2.79. The lowest BCUT2D eigenvalue weighted by Gasteiger charge is -2.03. The van der Waals surface area contributed by atoms with Crippen molar-refractivity contribution in [1.29, 1.82) is 0 Å².